The summed E-state index contributed by atoms with van der Waals surface area (Å²) in [7, 11) is 0. The maximum atomic E-state index is 12.9. The van der Waals surface area contributed by atoms with E-state index >= 15 is 0 Å². The molecule has 0 spiro atoms. The molecule has 12 heteroatoms. The van der Waals surface area contributed by atoms with Crippen LogP contribution in [0, 0.1) is 11.3 Å². The first kappa shape index (κ1) is 35.0. The van der Waals surface area contributed by atoms with E-state index in [4.69, 9.17) is 16.1 Å². The summed E-state index contributed by atoms with van der Waals surface area (Å²) in [6.07, 6.45) is 11.2. The highest BCUT2D eigenvalue weighted by atomic mass is 16.2. The number of para-hydroxylation sites is 2. The number of nitrogens with zero attached hydrogens (tertiary/aromatic N) is 3. The summed E-state index contributed by atoms with van der Waals surface area (Å²) in [6, 6.07) is 13.7. The number of hydrogen-bond donors (Lipinski definition) is 5. The molecule has 1 unspecified atom stereocenters. The molecular weight excluding hydrogens is 632 g/mol. The van der Waals surface area contributed by atoms with Crippen molar-refractivity contribution < 1.29 is 19.2 Å². The zero-order valence-corrected chi connectivity index (χ0v) is 28.5. The second-order valence-electron chi connectivity index (χ2n) is 13.9. The Labute approximate surface area is 293 Å². The molecule has 0 aromatic heterocycles. The maximum absolute atomic E-state index is 12.9. The van der Waals surface area contributed by atoms with Crippen molar-refractivity contribution in [3.63, 3.8) is 0 Å². The number of likely N-dealkylation sites (tertiary alicyclic amines) is 1. The first-order chi connectivity index (χ1) is 24.3. The van der Waals surface area contributed by atoms with Crippen molar-refractivity contribution in [2.75, 3.05) is 25.0 Å². The van der Waals surface area contributed by atoms with Gasteiger partial charge in [0.2, 0.25) is 11.8 Å². The molecule has 6 N–H and O–H groups in total. The molecule has 1 aliphatic carbocycles. The van der Waals surface area contributed by atoms with Gasteiger partial charge in [-0.05, 0) is 80.2 Å². The highest BCUT2D eigenvalue weighted by Crippen LogP contribution is 2.32. The second kappa shape index (κ2) is 16.2. The van der Waals surface area contributed by atoms with E-state index in [0.717, 1.165) is 85.4 Å². The third kappa shape index (κ3) is 8.47. The van der Waals surface area contributed by atoms with E-state index in [1.54, 1.807) is 6.07 Å². The van der Waals surface area contributed by atoms with Crippen molar-refractivity contribution in [2.24, 2.45) is 16.6 Å². The third-order valence-electron chi connectivity index (χ3n) is 10.6. The Bertz CT molecular complexity index is 1660. The van der Waals surface area contributed by atoms with Crippen molar-refractivity contribution in [1.29, 1.82) is 5.41 Å². The lowest BCUT2D eigenvalue weighted by Crippen LogP contribution is -2.47. The second-order valence-corrected chi connectivity index (χ2v) is 13.9. The molecule has 1 atom stereocenters. The smallest absolute Gasteiger partial charge is 0.255 e. The van der Waals surface area contributed by atoms with Crippen LogP contribution >= 0.6 is 0 Å². The minimum absolute atomic E-state index is 0.0394. The van der Waals surface area contributed by atoms with Crippen molar-refractivity contribution in [3.8, 4) is 0 Å². The highest BCUT2D eigenvalue weighted by molar-refractivity contribution is 6.19. The van der Waals surface area contributed by atoms with Crippen LogP contribution in [0.4, 0.5) is 11.4 Å². The van der Waals surface area contributed by atoms with Gasteiger partial charge in [0.05, 0.1) is 29.7 Å². The number of aldehydes is 1. The summed E-state index contributed by atoms with van der Waals surface area (Å²) in [5.41, 5.74) is 11.1. The molecule has 3 amide bonds. The molecule has 1 saturated carbocycles. The largest absolute Gasteiger partial charge is 0.387 e. The number of carbonyl (C=O) groups is 4. The van der Waals surface area contributed by atoms with Crippen molar-refractivity contribution in [3.05, 3.63) is 70.9 Å². The number of fused-ring (bicyclic) bond motifs is 2. The number of hydrogen-bond acceptors (Lipinski definition) is 9. The number of benzene rings is 2. The molecule has 6 rings (SSSR count). The first-order valence-electron chi connectivity index (χ1n) is 17.9. The summed E-state index contributed by atoms with van der Waals surface area (Å²) in [4.78, 5) is 57.4. The quantitative estimate of drug-likeness (QED) is 0.149. The summed E-state index contributed by atoms with van der Waals surface area (Å²) in [6.45, 7) is 3.37. The van der Waals surface area contributed by atoms with E-state index in [1.165, 1.54) is 11.1 Å². The van der Waals surface area contributed by atoms with E-state index in [0.29, 0.717) is 55.9 Å². The number of amides is 3. The van der Waals surface area contributed by atoms with Crippen LogP contribution in [0.2, 0.25) is 0 Å². The predicted octanol–water partition coefficient (Wildman–Crippen LogP) is 3.83. The Balaban J connectivity index is 0.898. The van der Waals surface area contributed by atoms with Crippen LogP contribution in [-0.4, -0.2) is 83.5 Å². The Hall–Kier alpha value is -4.84. The minimum Gasteiger partial charge on any atom is -0.387 e. The zero-order valence-electron chi connectivity index (χ0n) is 28.5. The van der Waals surface area contributed by atoms with Gasteiger partial charge in [0.1, 0.15) is 6.29 Å². The van der Waals surface area contributed by atoms with Gasteiger partial charge in [-0.2, -0.15) is 0 Å². The lowest BCUT2D eigenvalue weighted by atomic mass is 9.82. The Morgan fingerprint density at radius 3 is 2.60 bits per heavy atom. The van der Waals surface area contributed by atoms with Crippen molar-refractivity contribution in [1.82, 2.24) is 20.4 Å². The van der Waals surface area contributed by atoms with Crippen LogP contribution in [0.1, 0.15) is 79.3 Å². The van der Waals surface area contributed by atoms with Crippen LogP contribution < -0.4 is 21.7 Å². The standard InChI is InChI=1S/C38H48N8O4/c39-19-28(35-22-42-33-3-1-2-4-34(33)44-35)21-41-29-13-15-45(16-14-29)30-8-5-25(6-9-30)18-37(49)43-20-26-7-11-32-27(17-26)23-46(38(32)50)31(24-47)10-12-36(40)48/h1-4,7,11,17,19,21,24-25,29-31,39,41-42H,5-6,8-10,12-16,18,20,22-23H2,(H2,40,48)(H,43,49)/b28-21+,39-19?. The van der Waals surface area contributed by atoms with Crippen LogP contribution in [0.5, 0.6) is 0 Å². The van der Waals surface area contributed by atoms with Crippen LogP contribution in [0.25, 0.3) is 0 Å². The van der Waals surface area contributed by atoms with Gasteiger partial charge >= 0.3 is 0 Å². The summed E-state index contributed by atoms with van der Waals surface area (Å²) in [5.74, 6) is -0.306. The van der Waals surface area contributed by atoms with Gasteiger partial charge < -0.3 is 41.7 Å². The minimum atomic E-state index is -0.695. The number of carbonyl (C=O) groups excluding carboxylic acids is 4. The van der Waals surface area contributed by atoms with Crippen LogP contribution in [0.15, 0.2) is 59.2 Å². The third-order valence-corrected chi connectivity index (χ3v) is 10.6. The van der Waals surface area contributed by atoms with Gasteiger partial charge in [-0.25, -0.2) is 4.99 Å². The number of primary amides is 1. The number of piperidine rings is 1. The molecule has 1 saturated heterocycles. The molecule has 3 aliphatic heterocycles. The number of anilines is 1. The normalized spacial score (nSPS) is 21.7. The van der Waals surface area contributed by atoms with E-state index in [1.807, 2.05) is 42.6 Å². The fourth-order valence-electron chi connectivity index (χ4n) is 7.71. The molecule has 4 aliphatic rings. The van der Waals surface area contributed by atoms with Gasteiger partial charge in [0.25, 0.3) is 5.91 Å². The lowest BCUT2D eigenvalue weighted by molar-refractivity contribution is -0.122. The predicted molar refractivity (Wildman–Crippen MR) is 193 cm³/mol. The lowest BCUT2D eigenvalue weighted by Gasteiger charge is -2.41. The first-order valence-corrected chi connectivity index (χ1v) is 17.9. The summed E-state index contributed by atoms with van der Waals surface area (Å²) < 4.78 is 0. The summed E-state index contributed by atoms with van der Waals surface area (Å²) in [5, 5.41) is 18.0. The maximum Gasteiger partial charge on any atom is 0.255 e. The summed E-state index contributed by atoms with van der Waals surface area (Å²) >= 11 is 0. The molecular formula is C38H48N8O4. The molecule has 2 fully saturated rings. The van der Waals surface area contributed by atoms with Gasteiger partial charge in [-0.3, -0.25) is 14.4 Å². The van der Waals surface area contributed by atoms with E-state index in [9.17, 15) is 19.2 Å². The van der Waals surface area contributed by atoms with Gasteiger partial charge in [-0.15, -0.1) is 0 Å². The highest BCUT2D eigenvalue weighted by Gasteiger charge is 2.33. The van der Waals surface area contributed by atoms with Crippen molar-refractivity contribution in [2.45, 2.75) is 89.0 Å². The number of nitrogens with two attached hydrogens (primary N) is 1. The van der Waals surface area contributed by atoms with Gasteiger partial charge in [0.15, 0.2) is 0 Å². The number of nitrogens with one attached hydrogen (secondary N) is 4. The van der Waals surface area contributed by atoms with Crippen LogP contribution in [-0.2, 0) is 27.5 Å². The van der Waals surface area contributed by atoms with E-state index in [-0.39, 0.29) is 24.7 Å². The topological polar surface area (TPSA) is 173 Å². The SMILES string of the molecule is N=C/C(=C\NC1CCN(C2CCC(CC(=O)NCc3ccc4c(c3)CN(C(C=O)CCC(N)=O)C4=O)CC2)CC1)C1=Nc2ccccc2NC1. The number of rotatable bonds is 14. The fraction of sp³-hybridized carbons (Fsp3) is 0.474. The van der Waals surface area contributed by atoms with Gasteiger partial charge in [0, 0.05) is 74.7 Å². The average molecular weight is 681 g/mol. The molecule has 0 radical (unpaired) electrons. The average Bonchev–Trinajstić information content (AvgIpc) is 3.46. The molecule has 12 nitrogen and oxygen atoms in total. The molecule has 0 bridgehead atoms. The Morgan fingerprint density at radius 2 is 1.86 bits per heavy atom. The Kier molecular flexibility index (Phi) is 11.4. The van der Waals surface area contributed by atoms with Crippen molar-refractivity contribution >= 4 is 47.3 Å². The van der Waals surface area contributed by atoms with Crippen LogP contribution in [0.3, 0.4) is 0 Å². The Morgan fingerprint density at radius 1 is 1.08 bits per heavy atom. The number of aliphatic imine (C=N–C) groups is 1. The zero-order chi connectivity index (χ0) is 35.0. The van der Waals surface area contributed by atoms with E-state index in [2.05, 4.69) is 20.9 Å². The monoisotopic (exact) mass is 680 g/mol. The molecule has 3 heterocycles. The molecule has 2 aromatic carbocycles. The fourth-order valence-corrected chi connectivity index (χ4v) is 7.71. The van der Waals surface area contributed by atoms with Gasteiger partial charge in [-0.1, -0.05) is 24.3 Å². The molecule has 50 heavy (non-hydrogen) atoms. The van der Waals surface area contributed by atoms with E-state index < -0.39 is 11.9 Å². The molecule has 264 valence electrons. The molecule has 2 aromatic rings.